The Morgan fingerprint density at radius 2 is 1.56 bits per heavy atom. The first kappa shape index (κ1) is 23.3. The zero-order valence-corrected chi connectivity index (χ0v) is 18.5. The predicted octanol–water partition coefficient (Wildman–Crippen LogP) is 3.17. The summed E-state index contributed by atoms with van der Waals surface area (Å²) in [7, 11) is -4.73. The number of alkyl carbamates (subject to hydrolysis) is 1. The van der Waals surface area contributed by atoms with Crippen molar-refractivity contribution in [1.29, 1.82) is 0 Å². The summed E-state index contributed by atoms with van der Waals surface area (Å²) < 4.78 is 38.0. The fourth-order valence-electron chi connectivity index (χ4n) is 4.15. The van der Waals surface area contributed by atoms with Gasteiger partial charge in [-0.05, 0) is 33.9 Å². The summed E-state index contributed by atoms with van der Waals surface area (Å²) in [5, 5.41) is 21.3. The lowest BCUT2D eigenvalue weighted by molar-refractivity contribution is -0.139. The third-order valence-corrected chi connectivity index (χ3v) is 6.62. The molecule has 1 aliphatic rings. The van der Waals surface area contributed by atoms with Crippen LogP contribution in [0.4, 0.5) is 4.79 Å². The Hall–Kier alpha value is -3.89. The minimum absolute atomic E-state index is 0.0261. The number of rotatable bonds is 7. The second kappa shape index (κ2) is 9.16. The van der Waals surface area contributed by atoms with Crippen LogP contribution in [0.5, 0.6) is 5.75 Å². The monoisotopic (exact) mass is 483 g/mol. The van der Waals surface area contributed by atoms with Gasteiger partial charge in [-0.1, -0.05) is 54.6 Å². The average Bonchev–Trinajstić information content (AvgIpc) is 3.11. The van der Waals surface area contributed by atoms with E-state index in [1.165, 1.54) is 0 Å². The van der Waals surface area contributed by atoms with Gasteiger partial charge in [0, 0.05) is 18.4 Å². The fourth-order valence-corrected chi connectivity index (χ4v) is 4.91. The fraction of sp³-hybridized carbons (Fsp3) is 0.167. The summed E-state index contributed by atoms with van der Waals surface area (Å²) in [6.07, 6.45) is -1.45. The minimum atomic E-state index is -4.73. The van der Waals surface area contributed by atoms with Crippen LogP contribution in [-0.2, 0) is 26.1 Å². The number of benzene rings is 3. The van der Waals surface area contributed by atoms with E-state index in [9.17, 15) is 32.8 Å². The Kier molecular flexibility index (Phi) is 6.27. The zero-order valence-electron chi connectivity index (χ0n) is 17.7. The van der Waals surface area contributed by atoms with Crippen LogP contribution in [0.2, 0.25) is 0 Å². The highest BCUT2D eigenvalue weighted by Gasteiger charge is 2.30. The SMILES string of the molecule is O=C(N[C@@H](Cc1ccc(O)cc1S(=O)(=O)O)C(=O)O)OCC1c2ccccc2-c2ccccc21. The molecule has 3 aromatic rings. The molecule has 1 atom stereocenters. The summed E-state index contributed by atoms with van der Waals surface area (Å²) in [6, 6.07) is 17.1. The molecule has 0 unspecified atom stereocenters. The molecule has 1 amide bonds. The molecule has 3 aromatic carbocycles. The number of hydrogen-bond donors (Lipinski definition) is 4. The minimum Gasteiger partial charge on any atom is -0.508 e. The lowest BCUT2D eigenvalue weighted by Crippen LogP contribution is -2.43. The first-order valence-electron chi connectivity index (χ1n) is 10.3. The van der Waals surface area contributed by atoms with E-state index >= 15 is 0 Å². The van der Waals surface area contributed by atoms with E-state index < -0.39 is 45.3 Å². The number of carboxylic acid groups (broad SMARTS) is 1. The Morgan fingerprint density at radius 3 is 2.12 bits per heavy atom. The highest BCUT2D eigenvalue weighted by Crippen LogP contribution is 2.44. The van der Waals surface area contributed by atoms with Crippen LogP contribution in [-0.4, -0.2) is 47.9 Å². The average molecular weight is 483 g/mol. The Balaban J connectivity index is 1.48. The van der Waals surface area contributed by atoms with Gasteiger partial charge in [0.15, 0.2) is 0 Å². The normalized spacial score (nSPS) is 13.6. The molecule has 4 N–H and O–H groups in total. The van der Waals surface area contributed by atoms with Crippen molar-refractivity contribution in [2.45, 2.75) is 23.3 Å². The van der Waals surface area contributed by atoms with Gasteiger partial charge in [0.1, 0.15) is 23.3 Å². The van der Waals surface area contributed by atoms with Crippen molar-refractivity contribution in [1.82, 2.24) is 5.32 Å². The van der Waals surface area contributed by atoms with Crippen molar-refractivity contribution in [2.75, 3.05) is 6.61 Å². The van der Waals surface area contributed by atoms with Gasteiger partial charge in [0.05, 0.1) is 0 Å². The first-order valence-corrected chi connectivity index (χ1v) is 11.7. The van der Waals surface area contributed by atoms with Crippen molar-refractivity contribution in [3.63, 3.8) is 0 Å². The van der Waals surface area contributed by atoms with Gasteiger partial charge in [0.25, 0.3) is 10.1 Å². The van der Waals surface area contributed by atoms with Crippen LogP contribution >= 0.6 is 0 Å². The van der Waals surface area contributed by atoms with Crippen LogP contribution in [0.15, 0.2) is 71.6 Å². The maximum atomic E-state index is 12.5. The van der Waals surface area contributed by atoms with Gasteiger partial charge < -0.3 is 20.3 Å². The van der Waals surface area contributed by atoms with Crippen molar-refractivity contribution >= 4 is 22.2 Å². The molecule has 4 rings (SSSR count). The van der Waals surface area contributed by atoms with Crippen LogP contribution in [0.25, 0.3) is 11.1 Å². The summed E-state index contributed by atoms with van der Waals surface area (Å²) >= 11 is 0. The lowest BCUT2D eigenvalue weighted by Gasteiger charge is -2.18. The van der Waals surface area contributed by atoms with Gasteiger partial charge in [-0.25, -0.2) is 9.59 Å². The van der Waals surface area contributed by atoms with E-state index in [1.54, 1.807) is 0 Å². The Labute approximate surface area is 195 Å². The van der Waals surface area contributed by atoms with E-state index in [0.29, 0.717) is 0 Å². The third-order valence-electron chi connectivity index (χ3n) is 5.69. The molecule has 9 nitrogen and oxygen atoms in total. The van der Waals surface area contributed by atoms with Crippen molar-refractivity contribution in [3.8, 4) is 16.9 Å². The number of aliphatic carboxylic acids is 1. The first-order chi connectivity index (χ1) is 16.1. The van der Waals surface area contributed by atoms with Crippen LogP contribution < -0.4 is 5.32 Å². The highest BCUT2D eigenvalue weighted by molar-refractivity contribution is 7.85. The second-order valence-electron chi connectivity index (χ2n) is 7.83. The number of carbonyl (C=O) groups excluding carboxylic acids is 1. The predicted molar refractivity (Wildman–Crippen MR) is 121 cm³/mol. The molecular weight excluding hydrogens is 462 g/mol. The molecule has 0 bridgehead atoms. The van der Waals surface area contributed by atoms with Crippen LogP contribution in [0.3, 0.4) is 0 Å². The maximum absolute atomic E-state index is 12.5. The van der Waals surface area contributed by atoms with E-state index in [1.807, 2.05) is 48.5 Å². The Bertz CT molecular complexity index is 1320. The van der Waals surface area contributed by atoms with Crippen molar-refractivity contribution < 1.29 is 37.5 Å². The number of ether oxygens (including phenoxy) is 1. The number of carboxylic acids is 1. The molecule has 0 heterocycles. The van der Waals surface area contributed by atoms with E-state index in [2.05, 4.69) is 5.32 Å². The molecule has 176 valence electrons. The molecule has 10 heteroatoms. The van der Waals surface area contributed by atoms with Crippen molar-refractivity contribution in [3.05, 3.63) is 83.4 Å². The second-order valence-corrected chi connectivity index (χ2v) is 9.22. The number of phenols is 1. The largest absolute Gasteiger partial charge is 0.508 e. The smallest absolute Gasteiger partial charge is 0.407 e. The molecule has 0 aromatic heterocycles. The molecular formula is C24H21NO8S. The number of amides is 1. The summed E-state index contributed by atoms with van der Waals surface area (Å²) in [5.74, 6) is -2.07. The topological polar surface area (TPSA) is 150 Å². The van der Waals surface area contributed by atoms with Gasteiger partial charge >= 0.3 is 12.1 Å². The number of fused-ring (bicyclic) bond motifs is 3. The molecule has 34 heavy (non-hydrogen) atoms. The quantitative estimate of drug-likeness (QED) is 0.374. The standard InChI is InChI=1S/C24H21NO8S/c26-15-10-9-14(22(12-15)34(30,31)32)11-21(23(27)28)25-24(29)33-13-20-18-7-3-1-5-16(18)17-6-2-4-8-19(17)20/h1-10,12,20-21,26H,11,13H2,(H,25,29)(H,27,28)(H,30,31,32)/t21-/m0/s1. The van der Waals surface area contributed by atoms with Gasteiger partial charge in [-0.15, -0.1) is 0 Å². The van der Waals surface area contributed by atoms with Crippen LogP contribution in [0.1, 0.15) is 22.6 Å². The molecule has 0 radical (unpaired) electrons. The molecule has 0 saturated carbocycles. The highest BCUT2D eigenvalue weighted by atomic mass is 32.2. The number of carbonyl (C=O) groups is 2. The van der Waals surface area contributed by atoms with Gasteiger partial charge in [-0.2, -0.15) is 8.42 Å². The summed E-state index contributed by atoms with van der Waals surface area (Å²) in [5.41, 5.74) is 3.98. The van der Waals surface area contributed by atoms with E-state index in [-0.39, 0.29) is 18.1 Å². The van der Waals surface area contributed by atoms with E-state index in [4.69, 9.17) is 4.74 Å². The lowest BCUT2D eigenvalue weighted by atomic mass is 9.98. The summed E-state index contributed by atoms with van der Waals surface area (Å²) in [4.78, 5) is 23.5. The molecule has 0 fully saturated rings. The molecule has 1 aliphatic carbocycles. The maximum Gasteiger partial charge on any atom is 0.407 e. The van der Waals surface area contributed by atoms with Crippen molar-refractivity contribution in [2.24, 2.45) is 0 Å². The molecule has 0 saturated heterocycles. The molecule has 0 aliphatic heterocycles. The number of phenolic OH excluding ortho intramolecular Hbond substituents is 1. The Morgan fingerprint density at radius 1 is 0.971 bits per heavy atom. The summed E-state index contributed by atoms with van der Waals surface area (Å²) in [6.45, 7) is -0.0261. The number of aromatic hydroxyl groups is 1. The van der Waals surface area contributed by atoms with Gasteiger partial charge in [-0.3, -0.25) is 4.55 Å². The van der Waals surface area contributed by atoms with Gasteiger partial charge in [0.2, 0.25) is 0 Å². The van der Waals surface area contributed by atoms with E-state index in [0.717, 1.165) is 40.5 Å². The zero-order chi connectivity index (χ0) is 24.5. The third kappa shape index (κ3) is 4.73. The molecule has 0 spiro atoms. The number of nitrogens with one attached hydrogen (secondary N) is 1. The number of hydrogen-bond acceptors (Lipinski definition) is 6. The van der Waals surface area contributed by atoms with Crippen LogP contribution in [0, 0.1) is 0 Å².